The largest absolute Gasteiger partial charge is 0.353 e. The van der Waals surface area contributed by atoms with E-state index in [1.54, 1.807) is 12.3 Å². The molecule has 1 fully saturated rings. The number of aryl methyl sites for hydroxylation is 1. The van der Waals surface area contributed by atoms with E-state index in [9.17, 15) is 0 Å². The van der Waals surface area contributed by atoms with Gasteiger partial charge in [0.1, 0.15) is 11.9 Å². The first-order valence-electron chi connectivity index (χ1n) is 7.06. The lowest BCUT2D eigenvalue weighted by Gasteiger charge is -2.35. The Hall–Kier alpha value is -2.39. The average molecular weight is 282 g/mol. The van der Waals surface area contributed by atoms with Gasteiger partial charge in [0.05, 0.1) is 11.8 Å². The van der Waals surface area contributed by atoms with Gasteiger partial charge in [-0.05, 0) is 12.1 Å². The van der Waals surface area contributed by atoms with E-state index in [1.807, 2.05) is 24.0 Å². The molecule has 0 amide bonds. The molecule has 108 valence electrons. The Morgan fingerprint density at radius 3 is 2.76 bits per heavy atom. The Balaban J connectivity index is 1.61. The topological polar surface area (TPSA) is 61.0 Å². The van der Waals surface area contributed by atoms with E-state index in [0.29, 0.717) is 5.56 Å². The zero-order chi connectivity index (χ0) is 14.7. The SMILES string of the molecule is Cn1cc(CN2CCN(c3ncccc3C#N)CC2)cn1. The molecule has 1 aliphatic rings. The van der Waals surface area contributed by atoms with Gasteiger partial charge in [-0.15, -0.1) is 0 Å². The van der Waals surface area contributed by atoms with Crippen LogP contribution in [0.3, 0.4) is 0 Å². The molecular weight excluding hydrogens is 264 g/mol. The average Bonchev–Trinajstić information content (AvgIpc) is 2.93. The smallest absolute Gasteiger partial charge is 0.146 e. The fourth-order valence-corrected chi connectivity index (χ4v) is 2.67. The van der Waals surface area contributed by atoms with Crippen molar-refractivity contribution in [3.63, 3.8) is 0 Å². The summed E-state index contributed by atoms with van der Waals surface area (Å²) in [5.74, 6) is 0.807. The number of rotatable bonds is 3. The molecule has 1 saturated heterocycles. The second kappa shape index (κ2) is 5.94. The summed E-state index contributed by atoms with van der Waals surface area (Å²) in [5.41, 5.74) is 1.89. The van der Waals surface area contributed by atoms with Gasteiger partial charge in [-0.1, -0.05) is 0 Å². The van der Waals surface area contributed by atoms with E-state index in [-0.39, 0.29) is 0 Å². The summed E-state index contributed by atoms with van der Waals surface area (Å²) in [6.07, 6.45) is 5.72. The lowest BCUT2D eigenvalue weighted by Crippen LogP contribution is -2.46. The second-order valence-electron chi connectivity index (χ2n) is 5.27. The van der Waals surface area contributed by atoms with E-state index >= 15 is 0 Å². The van der Waals surface area contributed by atoms with Crippen molar-refractivity contribution in [3.8, 4) is 6.07 Å². The zero-order valence-electron chi connectivity index (χ0n) is 12.1. The number of anilines is 1. The molecule has 3 rings (SSSR count). The first kappa shape index (κ1) is 13.6. The standard InChI is InChI=1S/C15H18N6/c1-19-11-13(10-18-19)12-20-5-7-21(8-6-20)15-14(9-16)3-2-4-17-15/h2-4,10-11H,5-8,12H2,1H3. The third-order valence-corrected chi connectivity index (χ3v) is 3.74. The third-order valence-electron chi connectivity index (χ3n) is 3.74. The molecule has 0 radical (unpaired) electrons. The Kier molecular flexibility index (Phi) is 3.84. The number of pyridine rings is 1. The van der Waals surface area contributed by atoms with Gasteiger partial charge < -0.3 is 4.90 Å². The summed E-state index contributed by atoms with van der Waals surface area (Å²) in [4.78, 5) is 8.96. The minimum atomic E-state index is 0.651. The molecule has 3 heterocycles. The highest BCUT2D eigenvalue weighted by molar-refractivity contribution is 5.53. The lowest BCUT2D eigenvalue weighted by molar-refractivity contribution is 0.249. The summed E-state index contributed by atoms with van der Waals surface area (Å²) in [6.45, 7) is 4.65. The maximum Gasteiger partial charge on any atom is 0.146 e. The summed E-state index contributed by atoms with van der Waals surface area (Å²) in [5, 5.41) is 13.4. The van der Waals surface area contributed by atoms with Crippen molar-refractivity contribution >= 4 is 5.82 Å². The Bertz CT molecular complexity index is 648. The van der Waals surface area contributed by atoms with Crippen LogP contribution in [-0.2, 0) is 13.6 Å². The third kappa shape index (κ3) is 3.03. The van der Waals surface area contributed by atoms with Crippen LogP contribution in [0.1, 0.15) is 11.1 Å². The molecule has 0 saturated carbocycles. The number of nitrogens with zero attached hydrogens (tertiary/aromatic N) is 6. The molecule has 1 aliphatic heterocycles. The monoisotopic (exact) mass is 282 g/mol. The highest BCUT2D eigenvalue weighted by Gasteiger charge is 2.20. The van der Waals surface area contributed by atoms with Crippen LogP contribution >= 0.6 is 0 Å². The van der Waals surface area contributed by atoms with Gasteiger partial charge in [-0.3, -0.25) is 9.58 Å². The van der Waals surface area contributed by atoms with Gasteiger partial charge in [-0.25, -0.2) is 4.98 Å². The molecule has 0 aliphatic carbocycles. The van der Waals surface area contributed by atoms with E-state index in [4.69, 9.17) is 5.26 Å². The number of hydrogen-bond acceptors (Lipinski definition) is 5. The van der Waals surface area contributed by atoms with Crippen molar-refractivity contribution in [2.75, 3.05) is 31.1 Å². The predicted molar refractivity (Wildman–Crippen MR) is 79.7 cm³/mol. The number of nitriles is 1. The molecule has 0 unspecified atom stereocenters. The zero-order valence-corrected chi connectivity index (χ0v) is 12.1. The number of hydrogen-bond donors (Lipinski definition) is 0. The Labute approximate surface area is 124 Å². The van der Waals surface area contributed by atoms with Gasteiger partial charge in [0.2, 0.25) is 0 Å². The highest BCUT2D eigenvalue weighted by atomic mass is 15.3. The van der Waals surface area contributed by atoms with Crippen LogP contribution in [0, 0.1) is 11.3 Å². The normalized spacial score (nSPS) is 15.9. The van der Waals surface area contributed by atoms with Crippen molar-refractivity contribution in [1.29, 1.82) is 5.26 Å². The fourth-order valence-electron chi connectivity index (χ4n) is 2.67. The van der Waals surface area contributed by atoms with Crippen LogP contribution in [0.4, 0.5) is 5.82 Å². The molecule has 2 aromatic rings. The molecule has 21 heavy (non-hydrogen) atoms. The van der Waals surface area contributed by atoms with Crippen LogP contribution in [0.2, 0.25) is 0 Å². The molecule has 0 N–H and O–H groups in total. The van der Waals surface area contributed by atoms with Crippen LogP contribution in [0.25, 0.3) is 0 Å². The van der Waals surface area contributed by atoms with Crippen molar-refractivity contribution in [3.05, 3.63) is 41.9 Å². The maximum absolute atomic E-state index is 9.16. The van der Waals surface area contributed by atoms with Crippen molar-refractivity contribution < 1.29 is 0 Å². The summed E-state index contributed by atoms with van der Waals surface area (Å²) < 4.78 is 1.83. The summed E-state index contributed by atoms with van der Waals surface area (Å²) in [7, 11) is 1.94. The molecule has 0 aromatic carbocycles. The van der Waals surface area contributed by atoms with E-state index in [0.717, 1.165) is 38.5 Å². The lowest BCUT2D eigenvalue weighted by atomic mass is 10.2. The first-order chi connectivity index (χ1) is 10.3. The van der Waals surface area contributed by atoms with Crippen LogP contribution in [-0.4, -0.2) is 45.8 Å². The first-order valence-corrected chi connectivity index (χ1v) is 7.06. The minimum Gasteiger partial charge on any atom is -0.353 e. The number of piperazine rings is 1. The van der Waals surface area contributed by atoms with Crippen molar-refractivity contribution in [1.82, 2.24) is 19.7 Å². The van der Waals surface area contributed by atoms with E-state index in [2.05, 4.69) is 32.1 Å². The van der Waals surface area contributed by atoms with Crippen LogP contribution in [0.15, 0.2) is 30.7 Å². The van der Waals surface area contributed by atoms with Gasteiger partial charge in [0.15, 0.2) is 0 Å². The second-order valence-corrected chi connectivity index (χ2v) is 5.27. The molecule has 0 spiro atoms. The molecule has 6 nitrogen and oxygen atoms in total. The maximum atomic E-state index is 9.16. The summed E-state index contributed by atoms with van der Waals surface area (Å²) >= 11 is 0. The van der Waals surface area contributed by atoms with Gasteiger partial charge >= 0.3 is 0 Å². The number of aromatic nitrogens is 3. The van der Waals surface area contributed by atoms with Gasteiger partial charge in [0, 0.05) is 57.7 Å². The van der Waals surface area contributed by atoms with E-state index < -0.39 is 0 Å². The van der Waals surface area contributed by atoms with E-state index in [1.165, 1.54) is 5.56 Å². The quantitative estimate of drug-likeness (QED) is 0.841. The molecule has 0 atom stereocenters. The van der Waals surface area contributed by atoms with Crippen LogP contribution in [0.5, 0.6) is 0 Å². The van der Waals surface area contributed by atoms with Gasteiger partial charge in [0.25, 0.3) is 0 Å². The Morgan fingerprint density at radius 1 is 1.29 bits per heavy atom. The molecule has 0 bridgehead atoms. The molecule has 6 heteroatoms. The molecular formula is C15H18N6. The Morgan fingerprint density at radius 2 is 2.10 bits per heavy atom. The minimum absolute atomic E-state index is 0.651. The summed E-state index contributed by atoms with van der Waals surface area (Å²) in [6, 6.07) is 5.85. The van der Waals surface area contributed by atoms with Crippen LogP contribution < -0.4 is 4.90 Å². The van der Waals surface area contributed by atoms with Crippen molar-refractivity contribution in [2.24, 2.45) is 7.05 Å². The highest BCUT2D eigenvalue weighted by Crippen LogP contribution is 2.18. The van der Waals surface area contributed by atoms with Crippen molar-refractivity contribution in [2.45, 2.75) is 6.54 Å². The molecule has 2 aromatic heterocycles. The van der Waals surface area contributed by atoms with Gasteiger partial charge in [-0.2, -0.15) is 10.4 Å². The predicted octanol–water partition coefficient (Wildman–Crippen LogP) is 1.01. The fraction of sp³-hybridized carbons (Fsp3) is 0.400.